The quantitative estimate of drug-likeness (QED) is 0.552. The number of nitrogens with one attached hydrogen (secondary N) is 2. The summed E-state index contributed by atoms with van der Waals surface area (Å²) in [5, 5.41) is 0.0208. The molecule has 0 aliphatic carbocycles. The number of hydrazine groups is 1. The summed E-state index contributed by atoms with van der Waals surface area (Å²) in [5.41, 5.74) is 2.74. The highest BCUT2D eigenvalue weighted by Gasteiger charge is 2.27. The van der Waals surface area contributed by atoms with E-state index in [1.54, 1.807) is 24.4 Å². The van der Waals surface area contributed by atoms with E-state index in [-0.39, 0.29) is 16.3 Å². The van der Waals surface area contributed by atoms with E-state index in [9.17, 15) is 8.42 Å². The second kappa shape index (κ2) is 5.63. The number of hydrogen-bond acceptors (Lipinski definition) is 5. The van der Waals surface area contributed by atoms with Gasteiger partial charge in [0.2, 0.25) is 0 Å². The molecule has 0 unspecified atom stereocenters. The van der Waals surface area contributed by atoms with Gasteiger partial charge >= 0.3 is 0 Å². The van der Waals surface area contributed by atoms with Gasteiger partial charge in [0, 0.05) is 12.7 Å². The fraction of sp³-hybridized carbons (Fsp3) is 0.462. The molecule has 0 fully saturated rings. The van der Waals surface area contributed by atoms with Crippen molar-refractivity contribution in [3.8, 4) is 0 Å². The second-order valence-corrected chi connectivity index (χ2v) is 7.36. The van der Waals surface area contributed by atoms with Gasteiger partial charge in [-0.25, -0.2) is 24.0 Å². The Bertz CT molecular complexity index is 736. The van der Waals surface area contributed by atoms with Crippen molar-refractivity contribution in [3.63, 3.8) is 0 Å². The lowest BCUT2D eigenvalue weighted by molar-refractivity contribution is 0.350. The molecule has 0 spiro atoms. The third kappa shape index (κ3) is 3.17. The smallest absolute Gasteiger partial charge is 0.260 e. The van der Waals surface area contributed by atoms with E-state index in [2.05, 4.69) is 15.1 Å². The Morgan fingerprint density at radius 1 is 1.38 bits per heavy atom. The molecule has 0 amide bonds. The number of fused-ring (bicyclic) bond motifs is 1. The maximum atomic E-state index is 12.6. The summed E-state index contributed by atoms with van der Waals surface area (Å²) < 4.78 is 29.3. The molecule has 2 aromatic heterocycles. The molecule has 0 bridgehead atoms. The van der Waals surface area contributed by atoms with E-state index in [1.807, 2.05) is 20.8 Å². The van der Waals surface area contributed by atoms with Crippen LogP contribution in [0.3, 0.4) is 0 Å². The summed E-state index contributed by atoms with van der Waals surface area (Å²) >= 11 is 0. The SMILES string of the molecule is CCC(C)(C)CNS(=O)(=O)c1c(NN)nc2ccccn12. The lowest BCUT2D eigenvalue weighted by Crippen LogP contribution is -2.34. The summed E-state index contributed by atoms with van der Waals surface area (Å²) in [6, 6.07) is 5.24. The fourth-order valence-corrected chi connectivity index (χ4v) is 3.30. The van der Waals surface area contributed by atoms with Gasteiger partial charge in [0.1, 0.15) is 5.65 Å². The number of sulfonamides is 1. The lowest BCUT2D eigenvalue weighted by atomic mass is 9.91. The molecule has 116 valence electrons. The van der Waals surface area contributed by atoms with Gasteiger partial charge in [-0.15, -0.1) is 0 Å². The third-order valence-corrected chi connectivity index (χ3v) is 5.00. The molecule has 7 nitrogen and oxygen atoms in total. The first kappa shape index (κ1) is 15.7. The number of rotatable bonds is 6. The molecule has 2 heterocycles. The molecule has 0 saturated carbocycles. The second-order valence-electron chi connectivity index (χ2n) is 5.68. The minimum atomic E-state index is -3.72. The van der Waals surface area contributed by atoms with E-state index in [1.165, 1.54) is 4.40 Å². The van der Waals surface area contributed by atoms with Crippen LogP contribution in [0.15, 0.2) is 29.4 Å². The average Bonchev–Trinajstić information content (AvgIpc) is 2.84. The Morgan fingerprint density at radius 3 is 2.71 bits per heavy atom. The first-order valence-corrected chi connectivity index (χ1v) is 8.22. The van der Waals surface area contributed by atoms with Crippen LogP contribution in [0, 0.1) is 5.41 Å². The molecule has 2 aromatic rings. The van der Waals surface area contributed by atoms with Gasteiger partial charge in [0.25, 0.3) is 10.0 Å². The molecule has 0 aliphatic rings. The Labute approximate surface area is 124 Å². The first-order valence-electron chi connectivity index (χ1n) is 6.74. The number of hydrogen-bond donors (Lipinski definition) is 3. The molecule has 21 heavy (non-hydrogen) atoms. The van der Waals surface area contributed by atoms with Gasteiger partial charge < -0.3 is 5.43 Å². The zero-order valence-corrected chi connectivity index (χ0v) is 13.2. The van der Waals surface area contributed by atoms with Crippen LogP contribution in [0.5, 0.6) is 0 Å². The highest BCUT2D eigenvalue weighted by Crippen LogP contribution is 2.23. The van der Waals surface area contributed by atoms with E-state index >= 15 is 0 Å². The standard InChI is InChI=1S/C13H21N5O2S/c1-4-13(2,3)9-15-21(19,20)12-11(17-14)16-10-7-5-6-8-18(10)12/h5-8,15,17H,4,9,14H2,1-3H3. The monoisotopic (exact) mass is 311 g/mol. The normalized spacial score (nSPS) is 12.8. The molecular formula is C13H21N5O2S. The molecule has 4 N–H and O–H groups in total. The van der Waals surface area contributed by atoms with Crippen LogP contribution in [0.25, 0.3) is 5.65 Å². The van der Waals surface area contributed by atoms with Crippen LogP contribution in [0.4, 0.5) is 5.82 Å². The van der Waals surface area contributed by atoms with Crippen LogP contribution in [0.2, 0.25) is 0 Å². The van der Waals surface area contributed by atoms with Gasteiger partial charge in [-0.2, -0.15) is 0 Å². The van der Waals surface area contributed by atoms with E-state index in [0.717, 1.165) is 6.42 Å². The maximum Gasteiger partial charge on any atom is 0.260 e. The Morgan fingerprint density at radius 2 is 2.10 bits per heavy atom. The Balaban J connectivity index is 2.44. The summed E-state index contributed by atoms with van der Waals surface area (Å²) in [6.07, 6.45) is 2.51. The van der Waals surface area contributed by atoms with Gasteiger partial charge in [-0.05, 0) is 24.0 Å². The highest BCUT2D eigenvalue weighted by molar-refractivity contribution is 7.89. The van der Waals surface area contributed by atoms with Crippen molar-refractivity contribution in [3.05, 3.63) is 24.4 Å². The van der Waals surface area contributed by atoms with Crippen molar-refractivity contribution in [2.24, 2.45) is 11.3 Å². The van der Waals surface area contributed by atoms with Gasteiger partial charge in [0.15, 0.2) is 10.8 Å². The van der Waals surface area contributed by atoms with Crippen LogP contribution < -0.4 is 16.0 Å². The number of aromatic nitrogens is 2. The molecule has 0 aromatic carbocycles. The van der Waals surface area contributed by atoms with Crippen molar-refractivity contribution in [1.29, 1.82) is 0 Å². The van der Waals surface area contributed by atoms with Crippen LogP contribution in [0.1, 0.15) is 27.2 Å². The van der Waals surface area contributed by atoms with Crippen LogP contribution >= 0.6 is 0 Å². The number of nitrogens with zero attached hydrogens (tertiary/aromatic N) is 2. The van der Waals surface area contributed by atoms with Gasteiger partial charge in [-0.1, -0.05) is 26.8 Å². The molecule has 0 atom stereocenters. The molecule has 2 rings (SSSR count). The van der Waals surface area contributed by atoms with Crippen LogP contribution in [-0.2, 0) is 10.0 Å². The summed E-state index contributed by atoms with van der Waals surface area (Å²) in [4.78, 5) is 4.17. The molecule has 8 heteroatoms. The Kier molecular flexibility index (Phi) is 4.22. The minimum absolute atomic E-state index is 0.0208. The van der Waals surface area contributed by atoms with Crippen LogP contribution in [-0.4, -0.2) is 24.3 Å². The number of nitrogen functional groups attached to an aromatic ring is 1. The van der Waals surface area contributed by atoms with Crippen molar-refractivity contribution in [2.75, 3.05) is 12.0 Å². The number of nitrogens with two attached hydrogens (primary N) is 1. The number of anilines is 1. The largest absolute Gasteiger partial charge is 0.306 e. The molecule has 0 radical (unpaired) electrons. The minimum Gasteiger partial charge on any atom is -0.306 e. The third-order valence-electron chi connectivity index (χ3n) is 3.58. The fourth-order valence-electron chi connectivity index (χ4n) is 1.81. The summed E-state index contributed by atoms with van der Waals surface area (Å²) in [5.74, 6) is 5.53. The predicted molar refractivity (Wildman–Crippen MR) is 82.3 cm³/mol. The highest BCUT2D eigenvalue weighted by atomic mass is 32.2. The van der Waals surface area contributed by atoms with Crippen molar-refractivity contribution in [1.82, 2.24) is 14.1 Å². The lowest BCUT2D eigenvalue weighted by Gasteiger charge is -2.22. The maximum absolute atomic E-state index is 12.6. The van der Waals surface area contributed by atoms with Crippen molar-refractivity contribution >= 4 is 21.5 Å². The van der Waals surface area contributed by atoms with E-state index in [4.69, 9.17) is 5.84 Å². The van der Waals surface area contributed by atoms with E-state index in [0.29, 0.717) is 12.2 Å². The zero-order valence-electron chi connectivity index (χ0n) is 12.4. The number of pyridine rings is 1. The topological polar surface area (TPSA) is 102 Å². The summed E-state index contributed by atoms with van der Waals surface area (Å²) in [7, 11) is -3.72. The first-order chi connectivity index (χ1) is 9.80. The Hall–Kier alpha value is -1.64. The van der Waals surface area contributed by atoms with Crippen molar-refractivity contribution in [2.45, 2.75) is 32.2 Å². The summed E-state index contributed by atoms with van der Waals surface area (Å²) in [6.45, 7) is 6.38. The van der Waals surface area contributed by atoms with Gasteiger partial charge in [-0.3, -0.25) is 4.40 Å². The molecule has 0 aliphatic heterocycles. The van der Waals surface area contributed by atoms with Gasteiger partial charge in [0.05, 0.1) is 0 Å². The number of imidazole rings is 1. The molecule has 0 saturated heterocycles. The zero-order chi connectivity index (χ0) is 15.7. The van der Waals surface area contributed by atoms with E-state index < -0.39 is 10.0 Å². The van der Waals surface area contributed by atoms with Crippen molar-refractivity contribution < 1.29 is 8.42 Å². The molecular weight excluding hydrogens is 290 g/mol. The average molecular weight is 311 g/mol. The predicted octanol–water partition coefficient (Wildman–Crippen LogP) is 1.33.